The van der Waals surface area contributed by atoms with Crippen molar-refractivity contribution in [1.29, 1.82) is 0 Å². The molecule has 0 radical (unpaired) electrons. The summed E-state index contributed by atoms with van der Waals surface area (Å²) in [6.45, 7) is 4.62. The molecule has 1 aliphatic carbocycles. The van der Waals surface area contributed by atoms with Crippen molar-refractivity contribution >= 4 is 22.4 Å². The van der Waals surface area contributed by atoms with Gasteiger partial charge in [-0.05, 0) is 37.2 Å². The Labute approximate surface area is 124 Å². The second kappa shape index (κ2) is 5.57. The van der Waals surface area contributed by atoms with Gasteiger partial charge in [0.05, 0.1) is 0 Å². The molecule has 1 aromatic heterocycles. The molecule has 1 fully saturated rings. The molecule has 3 unspecified atom stereocenters. The molecule has 0 bridgehead atoms. The Balaban J connectivity index is 1.86. The van der Waals surface area contributed by atoms with Gasteiger partial charge in [0.25, 0.3) is 0 Å². The van der Waals surface area contributed by atoms with Crippen LogP contribution in [0.4, 0.5) is 0 Å². The summed E-state index contributed by atoms with van der Waals surface area (Å²) in [6.07, 6.45) is 3.62. The minimum atomic E-state index is 0.236. The number of ether oxygens (including phenoxy) is 1. The van der Waals surface area contributed by atoms with Gasteiger partial charge in [0, 0.05) is 10.8 Å². The predicted molar refractivity (Wildman–Crippen MR) is 81.1 cm³/mol. The van der Waals surface area contributed by atoms with Crippen LogP contribution in [-0.4, -0.2) is 16.3 Å². The molecule has 106 valence electrons. The molecule has 0 spiro atoms. The predicted octanol–water partition coefficient (Wildman–Crippen LogP) is 4.49. The van der Waals surface area contributed by atoms with Crippen LogP contribution >= 0.6 is 11.6 Å². The van der Waals surface area contributed by atoms with Crippen molar-refractivity contribution in [2.45, 2.75) is 39.2 Å². The van der Waals surface area contributed by atoms with Crippen LogP contribution in [0.5, 0.6) is 5.88 Å². The Kier molecular flexibility index (Phi) is 3.79. The molecule has 0 saturated heterocycles. The lowest BCUT2D eigenvalue weighted by atomic mass is 9.80. The lowest BCUT2D eigenvalue weighted by molar-refractivity contribution is 0.0971. The van der Waals surface area contributed by atoms with E-state index in [9.17, 15) is 0 Å². The molecule has 4 heteroatoms. The van der Waals surface area contributed by atoms with Crippen molar-refractivity contribution in [3.63, 3.8) is 0 Å². The first-order valence-electron chi connectivity index (χ1n) is 7.22. The summed E-state index contributed by atoms with van der Waals surface area (Å²) in [4.78, 5) is 0. The van der Waals surface area contributed by atoms with E-state index in [1.54, 1.807) is 0 Å². The van der Waals surface area contributed by atoms with Gasteiger partial charge in [-0.2, -0.15) is 0 Å². The lowest BCUT2D eigenvalue weighted by Crippen LogP contribution is -2.29. The molecule has 0 amide bonds. The van der Waals surface area contributed by atoms with E-state index in [1.807, 2.05) is 24.3 Å². The Morgan fingerprint density at radius 1 is 1.05 bits per heavy atom. The summed E-state index contributed by atoms with van der Waals surface area (Å²) in [5, 5.41) is 10.4. The average Bonchev–Trinajstić information content (AvgIpc) is 2.46. The minimum absolute atomic E-state index is 0.236. The molecule has 1 aromatic carbocycles. The van der Waals surface area contributed by atoms with Crippen molar-refractivity contribution in [3.8, 4) is 5.88 Å². The Hall–Kier alpha value is -1.35. The smallest absolute Gasteiger partial charge is 0.241 e. The molecular formula is C16H19ClN2O. The Bertz CT molecular complexity index is 616. The molecule has 2 aromatic rings. The summed E-state index contributed by atoms with van der Waals surface area (Å²) < 4.78 is 6.11. The highest BCUT2D eigenvalue weighted by Crippen LogP contribution is 2.34. The van der Waals surface area contributed by atoms with Gasteiger partial charge in [0.15, 0.2) is 5.15 Å². The van der Waals surface area contributed by atoms with Gasteiger partial charge in [-0.3, -0.25) is 0 Å². The third-order valence-corrected chi connectivity index (χ3v) is 4.72. The molecule has 3 atom stereocenters. The number of fused-ring (bicyclic) bond motifs is 1. The Morgan fingerprint density at radius 2 is 1.80 bits per heavy atom. The standard InChI is InChI=1S/C16H19ClN2O/c1-10-7-8-12(9-11(10)2)20-16-14-6-4-3-5-13(14)15(17)18-19-16/h3-6,10-12H,7-9H2,1-2H3. The number of benzene rings is 1. The van der Waals surface area contributed by atoms with E-state index in [0.717, 1.165) is 29.5 Å². The van der Waals surface area contributed by atoms with Gasteiger partial charge >= 0.3 is 0 Å². The third kappa shape index (κ3) is 2.59. The number of nitrogens with zero attached hydrogens (tertiary/aromatic N) is 2. The molecular weight excluding hydrogens is 272 g/mol. The molecule has 3 nitrogen and oxygen atoms in total. The van der Waals surface area contributed by atoms with Crippen LogP contribution in [0.25, 0.3) is 10.8 Å². The first kappa shape index (κ1) is 13.6. The fourth-order valence-electron chi connectivity index (χ4n) is 2.90. The van der Waals surface area contributed by atoms with Crippen LogP contribution in [0.3, 0.4) is 0 Å². The van der Waals surface area contributed by atoms with Crippen LogP contribution in [0.15, 0.2) is 24.3 Å². The maximum atomic E-state index is 6.11. The summed E-state index contributed by atoms with van der Waals surface area (Å²) in [7, 11) is 0. The van der Waals surface area contributed by atoms with Crippen molar-refractivity contribution in [2.75, 3.05) is 0 Å². The largest absolute Gasteiger partial charge is 0.473 e. The minimum Gasteiger partial charge on any atom is -0.473 e. The highest BCUT2D eigenvalue weighted by atomic mass is 35.5. The molecule has 3 rings (SSSR count). The van der Waals surface area contributed by atoms with E-state index >= 15 is 0 Å². The van der Waals surface area contributed by atoms with E-state index in [4.69, 9.17) is 16.3 Å². The monoisotopic (exact) mass is 290 g/mol. The fourth-order valence-corrected chi connectivity index (χ4v) is 3.10. The summed E-state index contributed by atoms with van der Waals surface area (Å²) in [6, 6.07) is 7.85. The molecule has 1 aliphatic rings. The van der Waals surface area contributed by atoms with E-state index in [2.05, 4.69) is 24.0 Å². The van der Waals surface area contributed by atoms with Crippen LogP contribution in [-0.2, 0) is 0 Å². The van der Waals surface area contributed by atoms with Crippen LogP contribution in [0, 0.1) is 11.8 Å². The second-order valence-corrected chi connectivity index (χ2v) is 6.21. The second-order valence-electron chi connectivity index (χ2n) is 5.85. The van der Waals surface area contributed by atoms with Crippen molar-refractivity contribution in [3.05, 3.63) is 29.4 Å². The van der Waals surface area contributed by atoms with Crippen LogP contribution in [0.2, 0.25) is 5.15 Å². The van der Waals surface area contributed by atoms with E-state index in [0.29, 0.717) is 17.0 Å². The first-order valence-corrected chi connectivity index (χ1v) is 7.60. The number of rotatable bonds is 2. The van der Waals surface area contributed by atoms with Crippen molar-refractivity contribution < 1.29 is 4.74 Å². The average molecular weight is 291 g/mol. The van der Waals surface area contributed by atoms with E-state index < -0.39 is 0 Å². The quantitative estimate of drug-likeness (QED) is 0.817. The zero-order valence-electron chi connectivity index (χ0n) is 11.8. The first-order chi connectivity index (χ1) is 9.65. The zero-order valence-corrected chi connectivity index (χ0v) is 12.6. The highest BCUT2D eigenvalue weighted by molar-refractivity contribution is 6.34. The maximum Gasteiger partial charge on any atom is 0.241 e. The molecule has 0 N–H and O–H groups in total. The highest BCUT2D eigenvalue weighted by Gasteiger charge is 2.26. The fraction of sp³-hybridized carbons (Fsp3) is 0.500. The number of hydrogen-bond acceptors (Lipinski definition) is 3. The molecule has 0 aliphatic heterocycles. The van der Waals surface area contributed by atoms with E-state index in [1.165, 1.54) is 6.42 Å². The van der Waals surface area contributed by atoms with Gasteiger partial charge in [0.1, 0.15) is 6.10 Å². The van der Waals surface area contributed by atoms with Gasteiger partial charge in [-0.1, -0.05) is 43.6 Å². The number of halogens is 1. The van der Waals surface area contributed by atoms with Gasteiger partial charge in [-0.25, -0.2) is 0 Å². The summed E-state index contributed by atoms with van der Waals surface area (Å²) >= 11 is 6.08. The van der Waals surface area contributed by atoms with Crippen molar-refractivity contribution in [2.24, 2.45) is 11.8 Å². The van der Waals surface area contributed by atoms with Crippen LogP contribution in [0.1, 0.15) is 33.1 Å². The maximum absolute atomic E-state index is 6.11. The van der Waals surface area contributed by atoms with Gasteiger partial charge in [-0.15, -0.1) is 10.2 Å². The number of aromatic nitrogens is 2. The topological polar surface area (TPSA) is 35.0 Å². The van der Waals surface area contributed by atoms with Gasteiger partial charge < -0.3 is 4.74 Å². The van der Waals surface area contributed by atoms with Crippen molar-refractivity contribution in [1.82, 2.24) is 10.2 Å². The zero-order chi connectivity index (χ0) is 14.1. The Morgan fingerprint density at radius 3 is 2.55 bits per heavy atom. The normalized spacial score (nSPS) is 26.6. The van der Waals surface area contributed by atoms with Crippen LogP contribution < -0.4 is 4.74 Å². The van der Waals surface area contributed by atoms with E-state index in [-0.39, 0.29) is 6.10 Å². The molecule has 1 heterocycles. The lowest BCUT2D eigenvalue weighted by Gasteiger charge is -2.32. The molecule has 1 saturated carbocycles. The summed E-state index contributed by atoms with van der Waals surface area (Å²) in [5.41, 5.74) is 0. The number of hydrogen-bond donors (Lipinski definition) is 0. The summed E-state index contributed by atoms with van der Waals surface area (Å²) in [5.74, 6) is 2.08. The van der Waals surface area contributed by atoms with Gasteiger partial charge in [0.2, 0.25) is 5.88 Å². The SMILES string of the molecule is CC1CCC(Oc2nnc(Cl)c3ccccc23)CC1C. The third-order valence-electron chi connectivity index (χ3n) is 4.44. The molecule has 20 heavy (non-hydrogen) atoms.